The molecule has 1 heterocycles. The molecule has 1 atom stereocenters. The lowest BCUT2D eigenvalue weighted by molar-refractivity contribution is -0.122. The Morgan fingerprint density at radius 2 is 1.68 bits per heavy atom. The molecule has 3 aromatic carbocycles. The number of hydrogen-bond donors (Lipinski definition) is 0. The molecule has 1 aliphatic rings. The Labute approximate surface area is 197 Å². The van der Waals surface area contributed by atoms with E-state index in [1.807, 2.05) is 37.3 Å². The molecule has 1 unspecified atom stereocenters. The Morgan fingerprint density at radius 3 is 2.26 bits per heavy atom. The Morgan fingerprint density at radius 1 is 1.03 bits per heavy atom. The molecular formula is C27H23N3O4. The Hall–Kier alpha value is -4.44. The fourth-order valence-corrected chi connectivity index (χ4v) is 3.93. The quantitative estimate of drug-likeness (QED) is 0.529. The number of aryl methyl sites for hydroxylation is 1. The molecule has 0 spiro atoms. The molecule has 7 heteroatoms. The van der Waals surface area contributed by atoms with Crippen LogP contribution in [0.5, 0.6) is 5.75 Å². The number of hydrogen-bond acceptors (Lipinski definition) is 5. The molecule has 1 fully saturated rings. The van der Waals surface area contributed by atoms with Gasteiger partial charge >= 0.3 is 0 Å². The van der Waals surface area contributed by atoms with Crippen molar-refractivity contribution in [2.24, 2.45) is 0 Å². The first-order valence-corrected chi connectivity index (χ1v) is 10.8. The minimum Gasteiger partial charge on any atom is -0.497 e. The molecule has 0 N–H and O–H groups in total. The summed E-state index contributed by atoms with van der Waals surface area (Å²) in [7, 11) is 1.54. The van der Waals surface area contributed by atoms with E-state index in [1.54, 1.807) is 55.6 Å². The van der Waals surface area contributed by atoms with Crippen LogP contribution in [0.1, 0.15) is 33.5 Å². The van der Waals surface area contributed by atoms with Gasteiger partial charge in [-0.1, -0.05) is 29.8 Å². The summed E-state index contributed by atoms with van der Waals surface area (Å²) in [6, 6.07) is 21.6. The number of amides is 3. The number of ether oxygens (including phenoxy) is 1. The molecule has 0 radical (unpaired) electrons. The normalized spacial score (nSPS) is 15.2. The monoisotopic (exact) mass is 453 g/mol. The van der Waals surface area contributed by atoms with Crippen LogP contribution in [0.4, 0.5) is 5.69 Å². The van der Waals surface area contributed by atoms with Crippen molar-refractivity contribution in [2.45, 2.75) is 25.9 Å². The van der Waals surface area contributed by atoms with Gasteiger partial charge in [0.2, 0.25) is 5.91 Å². The molecule has 0 bridgehead atoms. The average Bonchev–Trinajstić information content (AvgIpc) is 3.16. The van der Waals surface area contributed by atoms with E-state index in [1.165, 1.54) is 4.90 Å². The van der Waals surface area contributed by atoms with E-state index in [0.717, 1.165) is 16.0 Å². The second-order valence-corrected chi connectivity index (χ2v) is 8.09. The lowest BCUT2D eigenvalue weighted by Crippen LogP contribution is -2.45. The molecule has 3 aromatic rings. The molecule has 4 rings (SSSR count). The van der Waals surface area contributed by atoms with Crippen molar-refractivity contribution in [2.75, 3.05) is 12.0 Å². The van der Waals surface area contributed by atoms with Crippen LogP contribution in [0.25, 0.3) is 0 Å². The predicted octanol–water partition coefficient (Wildman–Crippen LogP) is 3.85. The van der Waals surface area contributed by atoms with Gasteiger partial charge in [-0.15, -0.1) is 0 Å². The van der Waals surface area contributed by atoms with Gasteiger partial charge in [-0.25, -0.2) is 4.90 Å². The van der Waals surface area contributed by atoms with Crippen molar-refractivity contribution < 1.29 is 19.1 Å². The van der Waals surface area contributed by atoms with Gasteiger partial charge in [-0.05, 0) is 61.0 Å². The lowest BCUT2D eigenvalue weighted by Gasteiger charge is -2.28. The van der Waals surface area contributed by atoms with Crippen LogP contribution in [0, 0.1) is 18.3 Å². The summed E-state index contributed by atoms with van der Waals surface area (Å²) in [5.41, 5.74) is 3.13. The van der Waals surface area contributed by atoms with E-state index in [-0.39, 0.29) is 18.9 Å². The van der Waals surface area contributed by atoms with E-state index in [0.29, 0.717) is 22.6 Å². The number of nitriles is 1. The number of methoxy groups -OCH3 is 1. The maximum atomic E-state index is 13.5. The number of carbonyl (C=O) groups excluding carboxylic acids is 3. The van der Waals surface area contributed by atoms with Crippen molar-refractivity contribution in [3.63, 3.8) is 0 Å². The van der Waals surface area contributed by atoms with Gasteiger partial charge in [0.1, 0.15) is 11.8 Å². The second-order valence-electron chi connectivity index (χ2n) is 8.09. The van der Waals surface area contributed by atoms with Crippen LogP contribution in [0.3, 0.4) is 0 Å². The Kier molecular flexibility index (Phi) is 6.42. The SMILES string of the molecule is COc1ccc(C(=O)N(Cc2ccc(C)cc2)C2CC(=O)N(c3ccc(C#N)cc3)C2=O)cc1. The lowest BCUT2D eigenvalue weighted by atomic mass is 10.1. The summed E-state index contributed by atoms with van der Waals surface area (Å²) in [4.78, 5) is 42.4. The predicted molar refractivity (Wildman–Crippen MR) is 126 cm³/mol. The van der Waals surface area contributed by atoms with Gasteiger partial charge in [-0.2, -0.15) is 5.26 Å². The van der Waals surface area contributed by atoms with Gasteiger partial charge in [0.25, 0.3) is 11.8 Å². The maximum Gasteiger partial charge on any atom is 0.257 e. The molecule has 0 aromatic heterocycles. The van der Waals surface area contributed by atoms with Crippen LogP contribution in [-0.4, -0.2) is 35.8 Å². The molecule has 34 heavy (non-hydrogen) atoms. The van der Waals surface area contributed by atoms with Crippen molar-refractivity contribution in [3.8, 4) is 11.8 Å². The van der Waals surface area contributed by atoms with Crippen molar-refractivity contribution in [1.82, 2.24) is 4.90 Å². The molecule has 3 amide bonds. The molecule has 7 nitrogen and oxygen atoms in total. The minimum absolute atomic E-state index is 0.118. The first-order chi connectivity index (χ1) is 16.4. The topological polar surface area (TPSA) is 90.7 Å². The highest BCUT2D eigenvalue weighted by Gasteiger charge is 2.44. The van der Waals surface area contributed by atoms with Crippen LogP contribution in [0.15, 0.2) is 72.8 Å². The van der Waals surface area contributed by atoms with Crippen LogP contribution in [-0.2, 0) is 16.1 Å². The van der Waals surface area contributed by atoms with E-state index in [9.17, 15) is 14.4 Å². The van der Waals surface area contributed by atoms with E-state index >= 15 is 0 Å². The third kappa shape index (κ3) is 4.52. The minimum atomic E-state index is -0.945. The third-order valence-electron chi connectivity index (χ3n) is 5.82. The van der Waals surface area contributed by atoms with Gasteiger partial charge in [0.15, 0.2) is 0 Å². The summed E-state index contributed by atoms with van der Waals surface area (Å²) in [6.07, 6.45) is -0.118. The number of imide groups is 1. The number of rotatable bonds is 6. The van der Waals surface area contributed by atoms with E-state index in [2.05, 4.69) is 0 Å². The van der Waals surface area contributed by atoms with E-state index < -0.39 is 17.9 Å². The highest BCUT2D eigenvalue weighted by molar-refractivity contribution is 6.23. The molecule has 1 saturated heterocycles. The molecule has 170 valence electrons. The fourth-order valence-electron chi connectivity index (χ4n) is 3.93. The standard InChI is InChI=1S/C27H23N3O4/c1-18-3-5-20(6-4-18)17-29(26(32)21-9-13-23(34-2)14-10-21)24-15-25(31)30(27(24)33)22-11-7-19(16-28)8-12-22/h3-14,24H,15,17H2,1-2H3. The highest BCUT2D eigenvalue weighted by atomic mass is 16.5. The molecule has 0 saturated carbocycles. The average molecular weight is 453 g/mol. The zero-order valence-electron chi connectivity index (χ0n) is 18.9. The first kappa shape index (κ1) is 22.7. The number of nitrogens with zero attached hydrogens (tertiary/aromatic N) is 3. The zero-order chi connectivity index (χ0) is 24.2. The smallest absolute Gasteiger partial charge is 0.257 e. The molecule has 0 aliphatic carbocycles. The molecule has 1 aliphatic heterocycles. The van der Waals surface area contributed by atoms with Gasteiger partial charge in [0, 0.05) is 12.1 Å². The van der Waals surface area contributed by atoms with Crippen LogP contribution >= 0.6 is 0 Å². The van der Waals surface area contributed by atoms with Crippen molar-refractivity contribution in [3.05, 3.63) is 95.1 Å². The zero-order valence-corrected chi connectivity index (χ0v) is 18.9. The summed E-state index contributed by atoms with van der Waals surface area (Å²) < 4.78 is 5.18. The first-order valence-electron chi connectivity index (χ1n) is 10.8. The summed E-state index contributed by atoms with van der Waals surface area (Å²) in [5, 5.41) is 9.02. The van der Waals surface area contributed by atoms with Gasteiger partial charge in [0.05, 0.1) is 30.9 Å². The maximum absolute atomic E-state index is 13.5. The second kappa shape index (κ2) is 9.59. The van der Waals surface area contributed by atoms with Crippen LogP contribution < -0.4 is 9.64 Å². The number of anilines is 1. The summed E-state index contributed by atoms with van der Waals surface area (Å²) >= 11 is 0. The Balaban J connectivity index is 1.67. The molecular weight excluding hydrogens is 430 g/mol. The van der Waals surface area contributed by atoms with Crippen molar-refractivity contribution in [1.29, 1.82) is 5.26 Å². The third-order valence-corrected chi connectivity index (χ3v) is 5.82. The van der Waals surface area contributed by atoms with Crippen LogP contribution in [0.2, 0.25) is 0 Å². The van der Waals surface area contributed by atoms with Crippen molar-refractivity contribution >= 4 is 23.4 Å². The number of carbonyl (C=O) groups is 3. The Bertz CT molecular complexity index is 1260. The summed E-state index contributed by atoms with van der Waals surface area (Å²) in [6.45, 7) is 2.15. The van der Waals surface area contributed by atoms with E-state index in [4.69, 9.17) is 10.00 Å². The van der Waals surface area contributed by atoms with Gasteiger partial charge < -0.3 is 9.64 Å². The number of benzene rings is 3. The largest absolute Gasteiger partial charge is 0.497 e. The highest BCUT2D eigenvalue weighted by Crippen LogP contribution is 2.28. The van der Waals surface area contributed by atoms with Gasteiger partial charge in [-0.3, -0.25) is 14.4 Å². The fraction of sp³-hybridized carbons (Fsp3) is 0.185. The summed E-state index contributed by atoms with van der Waals surface area (Å²) in [5.74, 6) is -0.600.